The second kappa shape index (κ2) is 24.7. The molecule has 6 heterocycles. The quantitative estimate of drug-likeness (QED) is 0.0149. The number of hydrogen-bond donors (Lipinski definition) is 11. The van der Waals surface area contributed by atoms with Gasteiger partial charge in [-0.05, 0) is 11.1 Å². The highest BCUT2D eigenvalue weighted by Gasteiger charge is 2.44. The summed E-state index contributed by atoms with van der Waals surface area (Å²) in [5.74, 6) is 8.23. The number of aliphatic hydroxyl groups is 1. The number of nitrogens with zero attached hydrogens (tertiary/aromatic N) is 10. The van der Waals surface area contributed by atoms with Gasteiger partial charge in [0, 0.05) is 35.1 Å². The van der Waals surface area contributed by atoms with E-state index in [4.69, 9.17) is 57.0 Å². The molecule has 40 heteroatoms. The predicted octanol–water partition coefficient (Wildman–Crippen LogP) is 0.213. The second-order valence-corrected chi connectivity index (χ2v) is 18.9. The minimum absolute atomic E-state index is 0.00902. The van der Waals surface area contributed by atoms with E-state index in [-0.39, 0.29) is 84.4 Å². The van der Waals surface area contributed by atoms with Crippen molar-refractivity contribution in [2.75, 3.05) is 57.8 Å². The molecule has 0 radical (unpaired) electrons. The molecule has 2 fully saturated rings. The molecule has 73 heavy (non-hydrogen) atoms. The largest absolute Gasteiger partial charge is 0.490 e. The lowest BCUT2D eigenvalue weighted by molar-refractivity contribution is -0.169. The van der Waals surface area contributed by atoms with Crippen molar-refractivity contribution in [1.29, 1.82) is 0 Å². The van der Waals surface area contributed by atoms with E-state index in [0.29, 0.717) is 0 Å². The fourth-order valence-electron chi connectivity index (χ4n) is 6.79. The molecule has 4 aromatic rings. The predicted molar refractivity (Wildman–Crippen MR) is 238 cm³/mol. The van der Waals surface area contributed by atoms with Crippen LogP contribution in [0.15, 0.2) is 32.2 Å². The number of H-pyrrole nitrogens is 2. The average molecular weight is 1100 g/mol. The Bertz CT molecular complexity index is 3190. The number of phosphoric acid groups is 3. The highest BCUT2D eigenvalue weighted by Crippen LogP contribution is 2.66. The molecular weight excluding hydrogens is 1060 g/mol. The van der Waals surface area contributed by atoms with Gasteiger partial charge < -0.3 is 70.0 Å². The first kappa shape index (κ1) is 57.7. The van der Waals surface area contributed by atoms with E-state index in [0.717, 1.165) is 0 Å². The number of alkyl halides is 3. The molecule has 0 amide bonds. The number of hydrogen-bond acceptors (Lipinski definition) is 22. The summed E-state index contributed by atoms with van der Waals surface area (Å²) in [4.78, 5) is 90.3. The number of phosphoric ester groups is 1. The van der Waals surface area contributed by atoms with E-state index in [2.05, 4.69) is 82.1 Å². The summed E-state index contributed by atoms with van der Waals surface area (Å²) in [5.41, 5.74) is 33.1. The van der Waals surface area contributed by atoms with Gasteiger partial charge in [0.15, 0.2) is 11.3 Å². The number of aromatic amines is 2. The Morgan fingerprint density at radius 1 is 0.863 bits per heavy atom. The molecule has 2 aliphatic rings. The average Bonchev–Trinajstić information content (AvgIpc) is 4.06. The Morgan fingerprint density at radius 2 is 1.36 bits per heavy atom. The number of ketones is 1. The van der Waals surface area contributed by atoms with Gasteiger partial charge in [-0.2, -0.15) is 31.8 Å². The van der Waals surface area contributed by atoms with Crippen LogP contribution in [-0.4, -0.2) is 136 Å². The fraction of sp³-hybridized carbons (Fsp3) is 0.485. The lowest BCUT2D eigenvalue weighted by Gasteiger charge is -2.21. The summed E-state index contributed by atoms with van der Waals surface area (Å²) in [6.07, 6.45) is -7.23. The summed E-state index contributed by atoms with van der Waals surface area (Å²) in [6.45, 7) is -3.20. The van der Waals surface area contributed by atoms with Crippen molar-refractivity contribution in [3.63, 3.8) is 0 Å². The Morgan fingerprint density at radius 3 is 1.82 bits per heavy atom. The Kier molecular flexibility index (Phi) is 19.5. The van der Waals surface area contributed by atoms with Crippen molar-refractivity contribution in [3.8, 4) is 23.7 Å². The standard InChI is InChI=1S/C18H19F3N8O5.C15H21N8O13P3/c19-18(20,21)12(31)5-24-3-1-2-9-6-29(15-14(9)16(32)27-17(22)26-15)13-4-10(11(7-30)34-13)33-8-25-28-23;16-3-1-2-8-5-23(13-12(8)14(24)21-15(17)20-13)11-4-9(32-7-19-22-18)10(34-11)6-33-38(28,29)36-39(30,31)35-37(25,26)27/h6,10-11,13,24,30H,3-5,7-8H2,(H3,22,26,27,32);5,9-11H,3-4,6-7,16H2,(H,28,29)(H,30,31)(H2,25,26,27)(H3,17,20,21,24). The Balaban J connectivity index is 0.000000273. The van der Waals surface area contributed by atoms with E-state index in [1.165, 1.54) is 21.5 Å². The third-order valence-electron chi connectivity index (χ3n) is 9.56. The number of halogens is 3. The second-order valence-electron chi connectivity index (χ2n) is 14.5. The smallest absolute Gasteiger partial charge is 0.394 e. The minimum atomic E-state index is -5.74. The first-order chi connectivity index (χ1) is 34.3. The zero-order valence-corrected chi connectivity index (χ0v) is 39.4. The highest BCUT2D eigenvalue weighted by molar-refractivity contribution is 7.66. The maximum absolute atomic E-state index is 12.5. The van der Waals surface area contributed by atoms with Crippen LogP contribution in [0.5, 0.6) is 0 Å². The molecule has 0 bridgehead atoms. The van der Waals surface area contributed by atoms with Gasteiger partial charge in [0.2, 0.25) is 17.7 Å². The van der Waals surface area contributed by atoms with E-state index >= 15 is 0 Å². The molecule has 8 unspecified atom stereocenters. The van der Waals surface area contributed by atoms with Crippen LogP contribution in [0.3, 0.4) is 0 Å². The Labute approximate surface area is 403 Å². The molecule has 8 atom stereocenters. The van der Waals surface area contributed by atoms with Gasteiger partial charge in [0.05, 0.1) is 67.0 Å². The number of anilines is 2. The molecule has 0 aliphatic carbocycles. The van der Waals surface area contributed by atoms with E-state index < -0.39 is 103 Å². The van der Waals surface area contributed by atoms with Crippen LogP contribution in [0.1, 0.15) is 36.4 Å². The molecule has 0 spiro atoms. The van der Waals surface area contributed by atoms with Gasteiger partial charge in [-0.25, -0.2) is 13.7 Å². The molecule has 34 nitrogen and oxygen atoms in total. The van der Waals surface area contributed by atoms with Crippen molar-refractivity contribution in [1.82, 2.24) is 34.4 Å². The summed E-state index contributed by atoms with van der Waals surface area (Å²) < 4.78 is 109. The van der Waals surface area contributed by atoms with Crippen LogP contribution >= 0.6 is 23.5 Å². The van der Waals surface area contributed by atoms with Crippen LogP contribution in [0.25, 0.3) is 43.0 Å². The third-order valence-corrected chi connectivity index (χ3v) is 13.4. The van der Waals surface area contributed by atoms with Crippen molar-refractivity contribution in [2.24, 2.45) is 16.0 Å². The van der Waals surface area contributed by atoms with E-state index in [1.807, 2.05) is 0 Å². The van der Waals surface area contributed by atoms with Gasteiger partial charge in [0.1, 0.15) is 38.1 Å². The summed E-state index contributed by atoms with van der Waals surface area (Å²) in [6, 6.07) is 0. The van der Waals surface area contributed by atoms with E-state index in [9.17, 15) is 56.1 Å². The number of fused-ring (bicyclic) bond motifs is 2. The van der Waals surface area contributed by atoms with Crippen LogP contribution < -0.4 is 33.6 Å². The maximum Gasteiger partial charge on any atom is 0.490 e. The number of Topliss-reactive ketones (excluding diaryl/α,β-unsaturated/α-hetero) is 1. The lowest BCUT2D eigenvalue weighted by Crippen LogP contribution is -2.33. The molecule has 4 aromatic heterocycles. The van der Waals surface area contributed by atoms with Gasteiger partial charge in [-0.15, -0.1) is 0 Å². The van der Waals surface area contributed by atoms with Crippen molar-refractivity contribution >= 4 is 63.2 Å². The Hall–Kier alpha value is -6.23. The SMILES string of the molecule is [N-]=[N+]=NCOC1CC(n2cc(C#CCN)c3c(=O)[nH]c(N)nc32)OC1COP(=O)(O)OP(=O)(O)OP(=O)(O)O.[N-]=[N+]=NCOC1CC(n2cc(C#CCNCC(=O)C(F)(F)F)c3c(=O)[nH]c(N)nc32)OC1CO. The molecule has 14 N–H and O–H groups in total. The number of carbonyl (C=O) groups is 1. The van der Waals surface area contributed by atoms with Crippen molar-refractivity contribution in [3.05, 3.63) is 65.1 Å². The summed E-state index contributed by atoms with van der Waals surface area (Å²) in [5, 5.41) is 18.5. The monoisotopic (exact) mass is 1100 g/mol. The number of nitrogens with two attached hydrogens (primary N) is 3. The molecular formula is C33H40F3N16O18P3. The number of aliphatic hydroxyl groups excluding tert-OH is 1. The van der Waals surface area contributed by atoms with Crippen molar-refractivity contribution in [2.45, 2.75) is 55.9 Å². The zero-order chi connectivity index (χ0) is 53.9. The first-order valence-corrected chi connectivity index (χ1v) is 24.6. The number of nitrogens with one attached hydrogen (secondary N) is 3. The normalized spacial score (nSPS) is 21.3. The third kappa shape index (κ3) is 15.9. The topological polar surface area (TPSA) is 523 Å². The number of ether oxygens (including phenoxy) is 4. The van der Waals surface area contributed by atoms with E-state index in [1.54, 1.807) is 0 Å². The molecule has 6 rings (SSSR count). The number of rotatable bonds is 19. The summed E-state index contributed by atoms with van der Waals surface area (Å²) >= 11 is 0. The summed E-state index contributed by atoms with van der Waals surface area (Å²) in [7, 11) is -16.8. The minimum Gasteiger partial charge on any atom is -0.394 e. The molecule has 2 aliphatic heterocycles. The molecule has 0 aromatic carbocycles. The maximum atomic E-state index is 12.5. The molecule has 0 saturated carbocycles. The zero-order valence-electron chi connectivity index (χ0n) is 36.7. The van der Waals surface area contributed by atoms with Gasteiger partial charge in [-0.1, -0.05) is 33.9 Å². The van der Waals surface area contributed by atoms with Crippen LogP contribution in [0, 0.1) is 23.7 Å². The number of nitrogen functional groups attached to an aromatic ring is 2. The van der Waals surface area contributed by atoms with Crippen molar-refractivity contribution < 1.29 is 88.4 Å². The van der Waals surface area contributed by atoms with Gasteiger partial charge in [-0.3, -0.25) is 34.2 Å². The lowest BCUT2D eigenvalue weighted by atomic mass is 10.2. The number of azide groups is 2. The van der Waals surface area contributed by atoms with Gasteiger partial charge in [0.25, 0.3) is 11.1 Å². The first-order valence-electron chi connectivity index (χ1n) is 20.0. The number of carbonyl (C=O) groups excluding carboxylic acids is 1. The van der Waals surface area contributed by atoms with Crippen LogP contribution in [0.4, 0.5) is 25.1 Å². The highest BCUT2D eigenvalue weighted by atomic mass is 31.3. The van der Waals surface area contributed by atoms with Crippen LogP contribution in [0.2, 0.25) is 0 Å². The fourth-order valence-corrected chi connectivity index (χ4v) is 9.82. The number of aromatic nitrogens is 6. The van der Waals surface area contributed by atoms with Crippen LogP contribution in [-0.2, 0) is 50.6 Å². The molecule has 2 saturated heterocycles. The molecule has 396 valence electrons. The van der Waals surface area contributed by atoms with Gasteiger partial charge >= 0.3 is 29.6 Å².